The van der Waals surface area contributed by atoms with E-state index in [1.807, 2.05) is 30.3 Å². The lowest BCUT2D eigenvalue weighted by atomic mass is 9.77. The molecule has 18 heavy (non-hydrogen) atoms. The first-order valence-electron chi connectivity index (χ1n) is 5.74. The van der Waals surface area contributed by atoms with Gasteiger partial charge in [-0.25, -0.2) is 0 Å². The van der Waals surface area contributed by atoms with Crippen LogP contribution in [0.2, 0.25) is 0 Å². The van der Waals surface area contributed by atoms with E-state index in [4.69, 9.17) is 17.0 Å². The Morgan fingerprint density at radius 3 is 2.17 bits per heavy atom. The van der Waals surface area contributed by atoms with Crippen molar-refractivity contribution in [2.75, 3.05) is 7.11 Å². The second-order valence-electron chi connectivity index (χ2n) is 4.22. The van der Waals surface area contributed by atoms with Gasteiger partial charge in [0.2, 0.25) is 0 Å². The number of methoxy groups -OCH3 is 1. The van der Waals surface area contributed by atoms with E-state index in [1.54, 1.807) is 19.5 Å². The summed E-state index contributed by atoms with van der Waals surface area (Å²) in [6.07, 6.45) is 3.55. The molecule has 2 aromatic rings. The van der Waals surface area contributed by atoms with E-state index in [-0.39, 0.29) is 0 Å². The van der Waals surface area contributed by atoms with Crippen molar-refractivity contribution in [3.05, 3.63) is 66.0 Å². The Balaban J connectivity index is 2.59. The number of thiocarbonyl (C=S) groups is 1. The molecule has 1 heterocycles. The quantitative estimate of drug-likeness (QED) is 0.787. The Labute approximate surface area is 113 Å². The van der Waals surface area contributed by atoms with Crippen molar-refractivity contribution in [2.45, 2.75) is 12.3 Å². The van der Waals surface area contributed by atoms with Gasteiger partial charge in [-0.15, -0.1) is 0 Å². The molecule has 0 radical (unpaired) electrons. The van der Waals surface area contributed by atoms with E-state index in [0.29, 0.717) is 5.05 Å². The first kappa shape index (κ1) is 12.7. The van der Waals surface area contributed by atoms with Gasteiger partial charge in [-0.3, -0.25) is 4.98 Å². The fourth-order valence-electron chi connectivity index (χ4n) is 2.06. The van der Waals surface area contributed by atoms with E-state index in [9.17, 15) is 0 Å². The van der Waals surface area contributed by atoms with E-state index >= 15 is 0 Å². The summed E-state index contributed by atoms with van der Waals surface area (Å²) in [4.78, 5) is 4.05. The number of hydrogen-bond acceptors (Lipinski definition) is 3. The van der Waals surface area contributed by atoms with Crippen molar-refractivity contribution in [3.8, 4) is 0 Å². The van der Waals surface area contributed by atoms with Gasteiger partial charge in [-0.1, -0.05) is 30.3 Å². The van der Waals surface area contributed by atoms with E-state index < -0.39 is 5.41 Å². The molecular weight excluding hydrogens is 242 g/mol. The highest BCUT2D eigenvalue weighted by atomic mass is 32.1. The van der Waals surface area contributed by atoms with Crippen LogP contribution in [0.15, 0.2) is 54.9 Å². The molecule has 0 bridgehead atoms. The largest absolute Gasteiger partial charge is 0.489 e. The van der Waals surface area contributed by atoms with Crippen LogP contribution >= 0.6 is 12.2 Å². The SMILES string of the molecule is COC(=S)C(C)(c1ccccc1)c1ccncc1. The summed E-state index contributed by atoms with van der Waals surface area (Å²) in [5, 5.41) is 0.555. The fraction of sp³-hybridized carbons (Fsp3) is 0.200. The Morgan fingerprint density at radius 1 is 1.06 bits per heavy atom. The molecule has 3 heteroatoms. The van der Waals surface area contributed by atoms with Crippen molar-refractivity contribution < 1.29 is 4.74 Å². The monoisotopic (exact) mass is 257 g/mol. The average molecular weight is 257 g/mol. The standard InChI is InChI=1S/C15H15NOS/c1-15(14(18)17-2,12-6-4-3-5-7-12)13-8-10-16-11-9-13/h3-11H,1-2H3. The second-order valence-corrected chi connectivity index (χ2v) is 4.59. The first-order valence-corrected chi connectivity index (χ1v) is 6.15. The minimum atomic E-state index is -0.436. The molecule has 92 valence electrons. The number of hydrogen-bond donors (Lipinski definition) is 0. The highest BCUT2D eigenvalue weighted by Crippen LogP contribution is 2.33. The van der Waals surface area contributed by atoms with Gasteiger partial charge in [-0.2, -0.15) is 0 Å². The molecule has 0 aliphatic rings. The lowest BCUT2D eigenvalue weighted by molar-refractivity contribution is 0.380. The summed E-state index contributed by atoms with van der Waals surface area (Å²) >= 11 is 5.41. The third-order valence-corrected chi connectivity index (χ3v) is 3.78. The number of aromatic nitrogens is 1. The molecule has 0 fully saturated rings. The smallest absolute Gasteiger partial charge is 0.173 e. The molecule has 1 aromatic heterocycles. The Kier molecular flexibility index (Phi) is 3.72. The van der Waals surface area contributed by atoms with Gasteiger partial charge in [-0.05, 0) is 42.4 Å². The lowest BCUT2D eigenvalue weighted by Crippen LogP contribution is -2.33. The maximum absolute atomic E-state index is 5.41. The summed E-state index contributed by atoms with van der Waals surface area (Å²) in [6.45, 7) is 2.07. The van der Waals surface area contributed by atoms with Gasteiger partial charge in [0.05, 0.1) is 12.5 Å². The molecule has 0 aliphatic heterocycles. The molecule has 1 atom stereocenters. The normalized spacial score (nSPS) is 13.7. The van der Waals surface area contributed by atoms with Crippen molar-refractivity contribution in [3.63, 3.8) is 0 Å². The number of rotatable bonds is 3. The zero-order valence-corrected chi connectivity index (χ0v) is 11.3. The number of pyridine rings is 1. The first-order chi connectivity index (χ1) is 8.69. The predicted molar refractivity (Wildman–Crippen MR) is 76.7 cm³/mol. The van der Waals surface area contributed by atoms with Crippen molar-refractivity contribution >= 4 is 17.3 Å². The van der Waals surface area contributed by atoms with Gasteiger partial charge in [0, 0.05) is 12.4 Å². The second kappa shape index (κ2) is 5.27. The van der Waals surface area contributed by atoms with Gasteiger partial charge < -0.3 is 4.74 Å². The zero-order chi connectivity index (χ0) is 13.0. The molecule has 2 rings (SSSR count). The highest BCUT2D eigenvalue weighted by molar-refractivity contribution is 7.80. The Hall–Kier alpha value is -1.74. The van der Waals surface area contributed by atoms with Crippen molar-refractivity contribution in [1.82, 2.24) is 4.98 Å². The van der Waals surface area contributed by atoms with Gasteiger partial charge in [0.1, 0.15) is 0 Å². The predicted octanol–water partition coefficient (Wildman–Crippen LogP) is 3.36. The summed E-state index contributed by atoms with van der Waals surface area (Å²) < 4.78 is 5.34. The number of benzene rings is 1. The van der Waals surface area contributed by atoms with Crippen LogP contribution in [0.4, 0.5) is 0 Å². The van der Waals surface area contributed by atoms with Crippen LogP contribution in [-0.4, -0.2) is 17.1 Å². The summed E-state index contributed by atoms with van der Waals surface area (Å²) in [5.74, 6) is 0. The fourth-order valence-corrected chi connectivity index (χ4v) is 2.30. The topological polar surface area (TPSA) is 22.1 Å². The minimum absolute atomic E-state index is 0.436. The number of nitrogens with zero attached hydrogens (tertiary/aromatic N) is 1. The third kappa shape index (κ3) is 2.14. The zero-order valence-electron chi connectivity index (χ0n) is 10.5. The van der Waals surface area contributed by atoms with Crippen molar-refractivity contribution in [1.29, 1.82) is 0 Å². The molecule has 0 amide bonds. The van der Waals surface area contributed by atoms with Crippen LogP contribution in [0.1, 0.15) is 18.1 Å². The van der Waals surface area contributed by atoms with Crippen LogP contribution in [-0.2, 0) is 10.2 Å². The van der Waals surface area contributed by atoms with Gasteiger partial charge in [0.25, 0.3) is 0 Å². The summed E-state index contributed by atoms with van der Waals surface area (Å²) in [7, 11) is 1.62. The van der Waals surface area contributed by atoms with Crippen LogP contribution in [0, 0.1) is 0 Å². The van der Waals surface area contributed by atoms with E-state index in [1.165, 1.54) is 0 Å². The van der Waals surface area contributed by atoms with Gasteiger partial charge >= 0.3 is 0 Å². The third-order valence-electron chi connectivity index (χ3n) is 3.20. The molecule has 0 aliphatic carbocycles. The van der Waals surface area contributed by atoms with Crippen LogP contribution in [0.25, 0.3) is 0 Å². The molecule has 1 aromatic carbocycles. The van der Waals surface area contributed by atoms with Crippen LogP contribution in [0.3, 0.4) is 0 Å². The van der Waals surface area contributed by atoms with Crippen LogP contribution in [0.5, 0.6) is 0 Å². The van der Waals surface area contributed by atoms with Gasteiger partial charge in [0.15, 0.2) is 5.05 Å². The average Bonchev–Trinajstić information content (AvgIpc) is 2.47. The van der Waals surface area contributed by atoms with Crippen LogP contribution < -0.4 is 0 Å². The molecule has 0 spiro atoms. The molecule has 0 N–H and O–H groups in total. The van der Waals surface area contributed by atoms with E-state index in [0.717, 1.165) is 11.1 Å². The highest BCUT2D eigenvalue weighted by Gasteiger charge is 2.34. The van der Waals surface area contributed by atoms with E-state index in [2.05, 4.69) is 24.0 Å². The van der Waals surface area contributed by atoms with Crippen molar-refractivity contribution in [2.24, 2.45) is 0 Å². The Morgan fingerprint density at radius 2 is 1.61 bits per heavy atom. The molecular formula is C15H15NOS. The summed E-state index contributed by atoms with van der Waals surface area (Å²) in [6, 6.07) is 14.1. The maximum Gasteiger partial charge on any atom is 0.173 e. The molecule has 1 unspecified atom stereocenters. The molecule has 2 nitrogen and oxygen atoms in total. The minimum Gasteiger partial charge on any atom is -0.489 e. The molecule has 0 saturated carbocycles. The maximum atomic E-state index is 5.41. The summed E-state index contributed by atoms with van der Waals surface area (Å²) in [5.41, 5.74) is 1.76. The lowest BCUT2D eigenvalue weighted by Gasteiger charge is -2.30. The number of ether oxygens (including phenoxy) is 1. The molecule has 0 saturated heterocycles. The Bertz CT molecular complexity index is 485.